The quantitative estimate of drug-likeness (QED) is 0.518. The van der Waals surface area contributed by atoms with E-state index in [0.29, 0.717) is 26.8 Å². The highest BCUT2D eigenvalue weighted by atomic mass is 32.1. The number of hydrogen-bond donors (Lipinski definition) is 0. The Morgan fingerprint density at radius 1 is 1.11 bits per heavy atom. The summed E-state index contributed by atoms with van der Waals surface area (Å²) in [6.07, 6.45) is 5.51. The van der Waals surface area contributed by atoms with Gasteiger partial charge in [0.05, 0.1) is 18.8 Å². The number of benzene rings is 1. The summed E-state index contributed by atoms with van der Waals surface area (Å²) in [5.41, 5.74) is 0.555. The number of rotatable bonds is 5. The van der Waals surface area contributed by atoms with Crippen molar-refractivity contribution in [2.45, 2.75) is 0 Å². The molecule has 0 spiro atoms. The monoisotopic (exact) mass is 397 g/mol. The molecule has 0 saturated carbocycles. The molecule has 0 fully saturated rings. The number of aromatic nitrogens is 3. The third-order valence-electron chi connectivity index (χ3n) is 3.86. The van der Waals surface area contributed by atoms with Crippen LogP contribution in [-0.4, -0.2) is 28.8 Å². The molecule has 0 atom stereocenters. The van der Waals surface area contributed by atoms with E-state index < -0.39 is 0 Å². The van der Waals surface area contributed by atoms with Gasteiger partial charge in [-0.1, -0.05) is 29.5 Å². The molecule has 0 unspecified atom stereocenters. The van der Waals surface area contributed by atoms with Gasteiger partial charge in [-0.3, -0.25) is 4.79 Å². The summed E-state index contributed by atoms with van der Waals surface area (Å²) in [7, 11) is 3.15. The van der Waals surface area contributed by atoms with Gasteiger partial charge in [-0.25, -0.2) is 0 Å². The standard InChI is InChI=1S/C19H15N3O3S2/c1-24-14-7-3-5-12(17(14)25-2)11-15-18(23)22-19(27-15)20-16(21-22)9-8-13-6-4-10-26-13/h3-11H,1-2H3/b9-8+,15-11+. The average molecular weight is 397 g/mol. The topological polar surface area (TPSA) is 65.7 Å². The van der Waals surface area contributed by atoms with E-state index >= 15 is 0 Å². The van der Waals surface area contributed by atoms with Crippen LogP contribution < -0.4 is 19.6 Å². The van der Waals surface area contributed by atoms with E-state index in [2.05, 4.69) is 10.1 Å². The highest BCUT2D eigenvalue weighted by Gasteiger charge is 2.11. The second-order valence-electron chi connectivity index (χ2n) is 5.51. The Balaban J connectivity index is 1.74. The Morgan fingerprint density at radius 2 is 2.00 bits per heavy atom. The van der Waals surface area contributed by atoms with E-state index in [9.17, 15) is 4.79 Å². The second-order valence-corrected chi connectivity index (χ2v) is 7.50. The molecule has 1 aromatic carbocycles. The number of ether oxygens (including phenoxy) is 2. The lowest BCUT2D eigenvalue weighted by atomic mass is 10.2. The van der Waals surface area contributed by atoms with Crippen LogP contribution in [0.2, 0.25) is 0 Å². The van der Waals surface area contributed by atoms with Gasteiger partial charge in [-0.2, -0.15) is 9.50 Å². The molecule has 0 aliphatic rings. The van der Waals surface area contributed by atoms with Gasteiger partial charge in [0, 0.05) is 10.4 Å². The smallest absolute Gasteiger partial charge is 0.291 e. The molecule has 0 N–H and O–H groups in total. The molecule has 0 radical (unpaired) electrons. The van der Waals surface area contributed by atoms with Crippen molar-refractivity contribution in [2.24, 2.45) is 0 Å². The maximum Gasteiger partial charge on any atom is 0.291 e. The summed E-state index contributed by atoms with van der Waals surface area (Å²) >= 11 is 2.92. The first-order valence-electron chi connectivity index (χ1n) is 8.03. The fourth-order valence-corrected chi connectivity index (χ4v) is 4.15. The fourth-order valence-electron chi connectivity index (χ4n) is 2.63. The van der Waals surface area contributed by atoms with Gasteiger partial charge in [0.2, 0.25) is 4.96 Å². The fraction of sp³-hybridized carbons (Fsp3) is 0.105. The maximum atomic E-state index is 12.7. The zero-order valence-electron chi connectivity index (χ0n) is 14.6. The molecule has 0 bridgehead atoms. The molecule has 4 rings (SSSR count). The van der Waals surface area contributed by atoms with E-state index in [1.54, 1.807) is 37.7 Å². The van der Waals surface area contributed by atoms with Crippen molar-refractivity contribution in [3.8, 4) is 11.5 Å². The molecule has 27 heavy (non-hydrogen) atoms. The largest absolute Gasteiger partial charge is 0.493 e. The van der Waals surface area contributed by atoms with Gasteiger partial charge in [0.25, 0.3) is 5.56 Å². The number of para-hydroxylation sites is 1. The number of thiazole rings is 1. The lowest BCUT2D eigenvalue weighted by molar-refractivity contribution is 0.354. The number of nitrogens with zero attached hydrogens (tertiary/aromatic N) is 3. The number of fused-ring (bicyclic) bond motifs is 1. The van der Waals surface area contributed by atoms with Gasteiger partial charge in [-0.15, -0.1) is 16.4 Å². The van der Waals surface area contributed by atoms with Gasteiger partial charge < -0.3 is 9.47 Å². The van der Waals surface area contributed by atoms with Crippen LogP contribution in [0.25, 0.3) is 23.2 Å². The van der Waals surface area contributed by atoms with Crippen molar-refractivity contribution >= 4 is 45.9 Å². The molecule has 8 heteroatoms. The van der Waals surface area contributed by atoms with E-state index in [4.69, 9.17) is 9.47 Å². The molecular weight excluding hydrogens is 382 g/mol. The van der Waals surface area contributed by atoms with Gasteiger partial charge in [0.1, 0.15) is 0 Å². The van der Waals surface area contributed by atoms with Crippen molar-refractivity contribution in [1.29, 1.82) is 0 Å². The molecule has 4 aromatic rings. The minimum atomic E-state index is -0.205. The highest BCUT2D eigenvalue weighted by Crippen LogP contribution is 2.31. The normalized spacial score (nSPS) is 12.3. The Hall–Kier alpha value is -2.97. The lowest BCUT2D eigenvalue weighted by Crippen LogP contribution is -2.23. The van der Waals surface area contributed by atoms with Gasteiger partial charge >= 0.3 is 0 Å². The molecule has 6 nitrogen and oxygen atoms in total. The Kier molecular flexibility index (Phi) is 4.74. The molecular formula is C19H15N3O3S2. The molecule has 136 valence electrons. The van der Waals surface area contributed by atoms with E-state index in [0.717, 1.165) is 10.4 Å². The molecule has 0 aliphatic carbocycles. The van der Waals surface area contributed by atoms with Crippen molar-refractivity contribution < 1.29 is 9.47 Å². The first kappa shape index (κ1) is 17.4. The van der Waals surface area contributed by atoms with Crippen molar-refractivity contribution in [1.82, 2.24) is 14.6 Å². The Labute approximate surface area is 162 Å². The number of hydrogen-bond acceptors (Lipinski definition) is 7. The zero-order chi connectivity index (χ0) is 18.8. The molecule has 3 aromatic heterocycles. The summed E-state index contributed by atoms with van der Waals surface area (Å²) in [5, 5.41) is 6.30. The first-order chi connectivity index (χ1) is 13.2. The van der Waals surface area contributed by atoms with Crippen LogP contribution >= 0.6 is 22.7 Å². The molecule has 0 saturated heterocycles. The van der Waals surface area contributed by atoms with Crippen LogP contribution in [0, 0.1) is 0 Å². The summed E-state index contributed by atoms with van der Waals surface area (Å²) < 4.78 is 12.6. The van der Waals surface area contributed by atoms with E-state index in [1.807, 2.05) is 41.8 Å². The Bertz CT molecular complexity index is 1220. The highest BCUT2D eigenvalue weighted by molar-refractivity contribution is 7.15. The zero-order valence-corrected chi connectivity index (χ0v) is 16.2. The summed E-state index contributed by atoms with van der Waals surface area (Å²) in [5.74, 6) is 1.70. The van der Waals surface area contributed by atoms with Crippen molar-refractivity contribution in [3.63, 3.8) is 0 Å². The van der Waals surface area contributed by atoms with Gasteiger partial charge in [0.15, 0.2) is 17.3 Å². The van der Waals surface area contributed by atoms with E-state index in [1.165, 1.54) is 15.9 Å². The third-order valence-corrected chi connectivity index (χ3v) is 5.65. The predicted octanol–water partition coefficient (Wildman–Crippen LogP) is 2.95. The molecule has 0 aliphatic heterocycles. The molecule has 3 heterocycles. The number of methoxy groups -OCH3 is 2. The van der Waals surface area contributed by atoms with Crippen LogP contribution in [0.1, 0.15) is 16.3 Å². The SMILES string of the molecule is COc1cccc(/C=c2/sc3nc(/C=C/c4cccs4)nn3c2=O)c1OC. The second kappa shape index (κ2) is 7.34. The van der Waals surface area contributed by atoms with Gasteiger partial charge in [-0.05, 0) is 35.7 Å². The van der Waals surface area contributed by atoms with Crippen LogP contribution in [0.3, 0.4) is 0 Å². The first-order valence-corrected chi connectivity index (χ1v) is 9.73. The van der Waals surface area contributed by atoms with Crippen LogP contribution in [0.5, 0.6) is 11.5 Å². The summed E-state index contributed by atoms with van der Waals surface area (Å²) in [4.78, 5) is 18.8. The van der Waals surface area contributed by atoms with E-state index in [-0.39, 0.29) is 5.56 Å². The minimum Gasteiger partial charge on any atom is -0.493 e. The predicted molar refractivity (Wildman–Crippen MR) is 109 cm³/mol. The third kappa shape index (κ3) is 3.36. The summed E-state index contributed by atoms with van der Waals surface area (Å²) in [6, 6.07) is 9.51. The minimum absolute atomic E-state index is 0.205. The molecule has 0 amide bonds. The van der Waals surface area contributed by atoms with Crippen LogP contribution in [0.4, 0.5) is 0 Å². The van der Waals surface area contributed by atoms with Crippen molar-refractivity contribution in [2.75, 3.05) is 14.2 Å². The summed E-state index contributed by atoms with van der Waals surface area (Å²) in [6.45, 7) is 0. The number of thiophene rings is 1. The van der Waals surface area contributed by atoms with Crippen LogP contribution in [0.15, 0.2) is 40.5 Å². The maximum absolute atomic E-state index is 12.7. The lowest BCUT2D eigenvalue weighted by Gasteiger charge is -2.09. The Morgan fingerprint density at radius 3 is 2.70 bits per heavy atom. The van der Waals surface area contributed by atoms with Crippen LogP contribution in [-0.2, 0) is 0 Å². The average Bonchev–Trinajstić information content (AvgIpc) is 3.39. The van der Waals surface area contributed by atoms with Crippen molar-refractivity contribution in [3.05, 3.63) is 66.9 Å².